The predicted molar refractivity (Wildman–Crippen MR) is 78.8 cm³/mol. The fraction of sp³-hybridized carbons (Fsp3) is 0.286. The van der Waals surface area contributed by atoms with Gasteiger partial charge in [-0.15, -0.1) is 0 Å². The Labute approximate surface area is 113 Å². The molecule has 0 spiro atoms. The summed E-state index contributed by atoms with van der Waals surface area (Å²) in [6.07, 6.45) is 0. The van der Waals surface area contributed by atoms with Crippen LogP contribution in [0.4, 0.5) is 11.6 Å². The molecule has 0 aliphatic carbocycles. The van der Waals surface area contributed by atoms with Crippen molar-refractivity contribution in [1.29, 1.82) is 0 Å². The van der Waals surface area contributed by atoms with E-state index >= 15 is 0 Å². The summed E-state index contributed by atoms with van der Waals surface area (Å²) >= 11 is 0. The minimum atomic E-state index is 0.621. The number of anilines is 2. The lowest BCUT2D eigenvalue weighted by Crippen LogP contribution is -2.24. The molecule has 100 valence electrons. The zero-order chi connectivity index (χ0) is 13.7. The van der Waals surface area contributed by atoms with E-state index in [0.29, 0.717) is 11.6 Å². The zero-order valence-electron chi connectivity index (χ0n) is 11.3. The molecule has 1 aromatic carbocycles. The SMILES string of the molecule is CCN(CC)c1cc(NN)nc(-c2ccccc2)n1. The first-order valence-corrected chi connectivity index (χ1v) is 6.44. The number of nitrogen functional groups attached to an aromatic ring is 1. The first kappa shape index (κ1) is 13.3. The highest BCUT2D eigenvalue weighted by Crippen LogP contribution is 2.21. The normalized spacial score (nSPS) is 10.3. The molecule has 19 heavy (non-hydrogen) atoms. The van der Waals surface area contributed by atoms with Gasteiger partial charge in [0, 0.05) is 24.7 Å². The number of hydrazine groups is 1. The van der Waals surface area contributed by atoms with Crippen molar-refractivity contribution in [2.75, 3.05) is 23.4 Å². The van der Waals surface area contributed by atoms with E-state index < -0.39 is 0 Å². The molecule has 2 aromatic rings. The summed E-state index contributed by atoms with van der Waals surface area (Å²) in [6.45, 7) is 5.99. The van der Waals surface area contributed by atoms with Crippen molar-refractivity contribution in [3.8, 4) is 11.4 Å². The van der Waals surface area contributed by atoms with Crippen LogP contribution in [0.2, 0.25) is 0 Å². The molecule has 0 unspecified atom stereocenters. The average molecular weight is 257 g/mol. The van der Waals surface area contributed by atoms with Gasteiger partial charge in [-0.05, 0) is 13.8 Å². The molecule has 5 nitrogen and oxygen atoms in total. The maximum Gasteiger partial charge on any atom is 0.163 e. The van der Waals surface area contributed by atoms with E-state index in [-0.39, 0.29) is 0 Å². The van der Waals surface area contributed by atoms with Gasteiger partial charge in [-0.2, -0.15) is 0 Å². The summed E-state index contributed by atoms with van der Waals surface area (Å²) in [6, 6.07) is 11.7. The standard InChI is InChI=1S/C14H19N5/c1-3-19(4-2)13-10-12(18-15)16-14(17-13)11-8-6-5-7-9-11/h5-10H,3-4,15H2,1-2H3,(H,16,17,18). The molecule has 0 saturated carbocycles. The third kappa shape index (κ3) is 3.00. The second-order valence-corrected chi connectivity index (χ2v) is 4.12. The Hall–Kier alpha value is -2.14. The van der Waals surface area contributed by atoms with Gasteiger partial charge in [-0.3, -0.25) is 0 Å². The van der Waals surface area contributed by atoms with Gasteiger partial charge in [-0.1, -0.05) is 30.3 Å². The lowest BCUT2D eigenvalue weighted by Gasteiger charge is -2.20. The van der Waals surface area contributed by atoms with Crippen molar-refractivity contribution in [2.45, 2.75) is 13.8 Å². The van der Waals surface area contributed by atoms with Crippen molar-refractivity contribution < 1.29 is 0 Å². The number of nitrogens with two attached hydrogens (primary N) is 1. The molecule has 0 atom stereocenters. The number of hydrogen-bond acceptors (Lipinski definition) is 5. The van der Waals surface area contributed by atoms with E-state index in [1.807, 2.05) is 36.4 Å². The smallest absolute Gasteiger partial charge is 0.163 e. The van der Waals surface area contributed by atoms with Gasteiger partial charge in [0.2, 0.25) is 0 Å². The van der Waals surface area contributed by atoms with Gasteiger partial charge in [0.1, 0.15) is 11.6 Å². The molecule has 5 heteroatoms. The molecule has 0 fully saturated rings. The molecule has 0 bridgehead atoms. The summed E-state index contributed by atoms with van der Waals surface area (Å²) in [4.78, 5) is 11.2. The van der Waals surface area contributed by atoms with Crippen LogP contribution in [-0.4, -0.2) is 23.1 Å². The monoisotopic (exact) mass is 257 g/mol. The Balaban J connectivity index is 2.47. The summed E-state index contributed by atoms with van der Waals surface area (Å²) < 4.78 is 0. The van der Waals surface area contributed by atoms with Crippen LogP contribution >= 0.6 is 0 Å². The third-order valence-corrected chi connectivity index (χ3v) is 2.98. The predicted octanol–water partition coefficient (Wildman–Crippen LogP) is 2.28. The van der Waals surface area contributed by atoms with Crippen LogP contribution in [0.3, 0.4) is 0 Å². The van der Waals surface area contributed by atoms with Crippen LogP contribution in [-0.2, 0) is 0 Å². The van der Waals surface area contributed by atoms with Crippen molar-refractivity contribution in [1.82, 2.24) is 9.97 Å². The van der Waals surface area contributed by atoms with Gasteiger partial charge >= 0.3 is 0 Å². The minimum absolute atomic E-state index is 0.621. The molecule has 0 aliphatic heterocycles. The minimum Gasteiger partial charge on any atom is -0.357 e. The lowest BCUT2D eigenvalue weighted by atomic mass is 10.2. The highest BCUT2D eigenvalue weighted by molar-refractivity contribution is 5.61. The highest BCUT2D eigenvalue weighted by Gasteiger charge is 2.09. The van der Waals surface area contributed by atoms with Gasteiger partial charge in [0.25, 0.3) is 0 Å². The fourth-order valence-corrected chi connectivity index (χ4v) is 1.93. The van der Waals surface area contributed by atoms with Crippen LogP contribution in [0.15, 0.2) is 36.4 Å². The maximum absolute atomic E-state index is 5.49. The number of aromatic nitrogens is 2. The number of benzene rings is 1. The fourth-order valence-electron chi connectivity index (χ4n) is 1.93. The summed E-state index contributed by atoms with van der Waals surface area (Å²) in [5.41, 5.74) is 3.58. The third-order valence-electron chi connectivity index (χ3n) is 2.98. The Bertz CT molecular complexity index is 523. The quantitative estimate of drug-likeness (QED) is 0.635. The van der Waals surface area contributed by atoms with Gasteiger partial charge < -0.3 is 10.3 Å². The number of hydrogen-bond donors (Lipinski definition) is 2. The maximum atomic E-state index is 5.49. The molecule has 0 radical (unpaired) electrons. The molecular weight excluding hydrogens is 238 g/mol. The van der Waals surface area contributed by atoms with Crippen molar-refractivity contribution >= 4 is 11.6 Å². The van der Waals surface area contributed by atoms with Crippen LogP contribution in [0.25, 0.3) is 11.4 Å². The summed E-state index contributed by atoms with van der Waals surface area (Å²) in [5, 5.41) is 0. The van der Waals surface area contributed by atoms with Gasteiger partial charge in [0.15, 0.2) is 5.82 Å². The van der Waals surface area contributed by atoms with Crippen molar-refractivity contribution in [3.63, 3.8) is 0 Å². The molecular formula is C14H19N5. The second-order valence-electron chi connectivity index (χ2n) is 4.12. The van der Waals surface area contributed by atoms with E-state index in [4.69, 9.17) is 5.84 Å². The molecule has 0 amide bonds. The van der Waals surface area contributed by atoms with Gasteiger partial charge in [-0.25, -0.2) is 15.8 Å². The van der Waals surface area contributed by atoms with E-state index in [9.17, 15) is 0 Å². The lowest BCUT2D eigenvalue weighted by molar-refractivity contribution is 0.843. The van der Waals surface area contributed by atoms with E-state index in [1.165, 1.54) is 0 Å². The Morgan fingerprint density at radius 1 is 1.11 bits per heavy atom. The Morgan fingerprint density at radius 3 is 2.37 bits per heavy atom. The largest absolute Gasteiger partial charge is 0.357 e. The number of nitrogens with one attached hydrogen (secondary N) is 1. The number of rotatable bonds is 5. The zero-order valence-corrected chi connectivity index (χ0v) is 11.3. The number of nitrogens with zero attached hydrogens (tertiary/aromatic N) is 3. The highest BCUT2D eigenvalue weighted by atomic mass is 15.3. The molecule has 2 rings (SSSR count). The van der Waals surface area contributed by atoms with E-state index in [0.717, 1.165) is 24.5 Å². The second kappa shape index (κ2) is 6.15. The first-order chi connectivity index (χ1) is 9.28. The first-order valence-electron chi connectivity index (χ1n) is 6.44. The van der Waals surface area contributed by atoms with Gasteiger partial charge in [0.05, 0.1) is 0 Å². The molecule has 1 heterocycles. The Morgan fingerprint density at radius 2 is 1.79 bits per heavy atom. The van der Waals surface area contributed by atoms with E-state index in [1.54, 1.807) is 0 Å². The van der Waals surface area contributed by atoms with Crippen LogP contribution in [0.1, 0.15) is 13.8 Å². The molecule has 0 aliphatic rings. The van der Waals surface area contributed by atoms with E-state index in [2.05, 4.69) is 34.1 Å². The van der Waals surface area contributed by atoms with Crippen LogP contribution in [0, 0.1) is 0 Å². The topological polar surface area (TPSA) is 67.1 Å². The molecule has 3 N–H and O–H groups in total. The van der Waals surface area contributed by atoms with Crippen LogP contribution in [0.5, 0.6) is 0 Å². The molecule has 1 aromatic heterocycles. The van der Waals surface area contributed by atoms with Crippen molar-refractivity contribution in [3.05, 3.63) is 36.4 Å². The summed E-state index contributed by atoms with van der Waals surface area (Å²) in [5.74, 6) is 7.67. The van der Waals surface area contributed by atoms with Crippen LogP contribution < -0.4 is 16.2 Å². The molecule has 0 saturated heterocycles. The average Bonchev–Trinajstić information content (AvgIpc) is 2.49. The Kier molecular flexibility index (Phi) is 4.30. The summed E-state index contributed by atoms with van der Waals surface area (Å²) in [7, 11) is 0. The van der Waals surface area contributed by atoms with Crippen molar-refractivity contribution in [2.24, 2.45) is 5.84 Å².